The number of ether oxygens (including phenoxy) is 1. The number of aromatic nitrogens is 1. The SMILES string of the molecule is Cc1ncsc1C(=O)NCC1(O)CCOC1C. The second kappa shape index (κ2) is 4.72. The molecule has 0 saturated carbocycles. The molecular formula is C11H16N2O3S. The summed E-state index contributed by atoms with van der Waals surface area (Å²) in [6, 6.07) is 0. The van der Waals surface area contributed by atoms with Gasteiger partial charge >= 0.3 is 0 Å². The van der Waals surface area contributed by atoms with Gasteiger partial charge in [0.15, 0.2) is 0 Å². The van der Waals surface area contributed by atoms with Gasteiger partial charge in [-0.25, -0.2) is 4.98 Å². The van der Waals surface area contributed by atoms with Gasteiger partial charge in [0.2, 0.25) is 0 Å². The Balaban J connectivity index is 1.95. The predicted molar refractivity (Wildman–Crippen MR) is 64.2 cm³/mol. The van der Waals surface area contributed by atoms with E-state index in [2.05, 4.69) is 10.3 Å². The molecule has 1 aromatic rings. The third-order valence-electron chi connectivity index (χ3n) is 3.17. The van der Waals surface area contributed by atoms with Gasteiger partial charge < -0.3 is 15.2 Å². The molecule has 0 radical (unpaired) electrons. The lowest BCUT2D eigenvalue weighted by atomic mass is 9.97. The lowest BCUT2D eigenvalue weighted by molar-refractivity contribution is -0.0251. The zero-order chi connectivity index (χ0) is 12.5. The average molecular weight is 256 g/mol. The van der Waals surface area contributed by atoms with Crippen LogP contribution in [0.4, 0.5) is 0 Å². The molecule has 2 unspecified atom stereocenters. The summed E-state index contributed by atoms with van der Waals surface area (Å²) in [5, 5.41) is 13.0. The fourth-order valence-electron chi connectivity index (χ4n) is 1.84. The first kappa shape index (κ1) is 12.5. The van der Waals surface area contributed by atoms with Crippen LogP contribution in [0.3, 0.4) is 0 Å². The van der Waals surface area contributed by atoms with Gasteiger partial charge in [-0.3, -0.25) is 4.79 Å². The molecule has 2 N–H and O–H groups in total. The fourth-order valence-corrected chi connectivity index (χ4v) is 2.56. The van der Waals surface area contributed by atoms with Crippen molar-refractivity contribution in [1.82, 2.24) is 10.3 Å². The minimum absolute atomic E-state index is 0.183. The molecule has 6 heteroatoms. The zero-order valence-electron chi connectivity index (χ0n) is 9.90. The second-order valence-corrected chi connectivity index (χ2v) is 5.17. The van der Waals surface area contributed by atoms with Crippen LogP contribution in [0.5, 0.6) is 0 Å². The van der Waals surface area contributed by atoms with E-state index in [4.69, 9.17) is 4.74 Å². The highest BCUT2D eigenvalue weighted by Crippen LogP contribution is 2.25. The molecule has 1 saturated heterocycles. The van der Waals surface area contributed by atoms with Crippen LogP contribution in [0.25, 0.3) is 0 Å². The van der Waals surface area contributed by atoms with Crippen LogP contribution in [-0.4, -0.2) is 40.9 Å². The highest BCUT2D eigenvalue weighted by Gasteiger charge is 2.39. The van der Waals surface area contributed by atoms with Gasteiger partial charge in [0, 0.05) is 19.6 Å². The number of hydrogen-bond donors (Lipinski definition) is 2. The van der Waals surface area contributed by atoms with E-state index < -0.39 is 5.60 Å². The Morgan fingerprint density at radius 2 is 2.59 bits per heavy atom. The van der Waals surface area contributed by atoms with Crippen LogP contribution in [0.1, 0.15) is 28.7 Å². The molecule has 0 bridgehead atoms. The standard InChI is InChI=1S/C11H16N2O3S/c1-7-9(17-6-13-7)10(14)12-5-11(15)3-4-16-8(11)2/h6,8,15H,3-5H2,1-2H3,(H,12,14). The Kier molecular flexibility index (Phi) is 3.46. The van der Waals surface area contributed by atoms with Crippen molar-refractivity contribution >= 4 is 17.2 Å². The number of carbonyl (C=O) groups is 1. The van der Waals surface area contributed by atoms with Crippen LogP contribution in [0.15, 0.2) is 5.51 Å². The number of carbonyl (C=O) groups excluding carboxylic acids is 1. The smallest absolute Gasteiger partial charge is 0.263 e. The molecule has 94 valence electrons. The van der Waals surface area contributed by atoms with Crippen molar-refractivity contribution in [2.75, 3.05) is 13.2 Å². The number of nitrogens with zero attached hydrogens (tertiary/aromatic N) is 1. The molecule has 2 rings (SSSR count). The van der Waals surface area contributed by atoms with Crippen molar-refractivity contribution in [3.63, 3.8) is 0 Å². The molecule has 0 spiro atoms. The van der Waals surface area contributed by atoms with Crippen LogP contribution in [-0.2, 0) is 4.74 Å². The molecule has 5 nitrogen and oxygen atoms in total. The maximum atomic E-state index is 11.8. The number of hydrogen-bond acceptors (Lipinski definition) is 5. The maximum Gasteiger partial charge on any atom is 0.263 e. The van der Waals surface area contributed by atoms with Gasteiger partial charge in [-0.1, -0.05) is 0 Å². The van der Waals surface area contributed by atoms with Crippen molar-refractivity contribution < 1.29 is 14.6 Å². The number of thiazole rings is 1. The van der Waals surface area contributed by atoms with Crippen LogP contribution >= 0.6 is 11.3 Å². The van der Waals surface area contributed by atoms with E-state index >= 15 is 0 Å². The second-order valence-electron chi connectivity index (χ2n) is 4.32. The molecule has 1 aromatic heterocycles. The molecule has 0 aromatic carbocycles. The molecular weight excluding hydrogens is 240 g/mol. The van der Waals surface area contributed by atoms with Gasteiger partial charge in [-0.15, -0.1) is 11.3 Å². The summed E-state index contributed by atoms with van der Waals surface area (Å²) in [6.45, 7) is 4.36. The van der Waals surface area contributed by atoms with Crippen molar-refractivity contribution in [2.45, 2.75) is 32.0 Å². The molecule has 2 atom stereocenters. The number of aliphatic hydroxyl groups is 1. The summed E-state index contributed by atoms with van der Waals surface area (Å²) < 4.78 is 5.30. The fraction of sp³-hybridized carbons (Fsp3) is 0.636. The van der Waals surface area contributed by atoms with E-state index in [1.165, 1.54) is 11.3 Å². The van der Waals surface area contributed by atoms with Crippen LogP contribution in [0, 0.1) is 6.92 Å². The third kappa shape index (κ3) is 2.48. The lowest BCUT2D eigenvalue weighted by Crippen LogP contribution is -2.47. The van der Waals surface area contributed by atoms with Gasteiger partial charge in [-0.05, 0) is 13.8 Å². The first-order chi connectivity index (χ1) is 8.03. The van der Waals surface area contributed by atoms with Crippen LogP contribution in [0.2, 0.25) is 0 Å². The monoisotopic (exact) mass is 256 g/mol. The summed E-state index contributed by atoms with van der Waals surface area (Å²) in [6.07, 6.45) is 0.307. The van der Waals surface area contributed by atoms with E-state index in [1.54, 1.807) is 12.4 Å². The summed E-state index contributed by atoms with van der Waals surface area (Å²) in [4.78, 5) is 16.5. The number of amides is 1. The van der Waals surface area contributed by atoms with Crippen molar-refractivity contribution in [3.8, 4) is 0 Å². The quantitative estimate of drug-likeness (QED) is 0.836. The third-order valence-corrected chi connectivity index (χ3v) is 4.09. The molecule has 17 heavy (non-hydrogen) atoms. The Labute approximate surface area is 104 Å². The maximum absolute atomic E-state index is 11.8. The Morgan fingerprint density at radius 3 is 3.12 bits per heavy atom. The van der Waals surface area contributed by atoms with Crippen LogP contribution < -0.4 is 5.32 Å². The van der Waals surface area contributed by atoms with Crippen molar-refractivity contribution in [1.29, 1.82) is 0 Å². The topological polar surface area (TPSA) is 71.5 Å². The summed E-state index contributed by atoms with van der Waals surface area (Å²) in [5.41, 5.74) is 1.41. The van der Waals surface area contributed by atoms with Gasteiger partial charge in [0.05, 0.1) is 17.3 Å². The molecule has 1 aliphatic heterocycles. The Bertz CT molecular complexity index is 421. The first-order valence-electron chi connectivity index (χ1n) is 5.55. The first-order valence-corrected chi connectivity index (χ1v) is 6.43. The highest BCUT2D eigenvalue weighted by molar-refractivity contribution is 7.11. The van der Waals surface area contributed by atoms with Gasteiger partial charge in [0.25, 0.3) is 5.91 Å². The van der Waals surface area contributed by atoms with Crippen molar-refractivity contribution in [2.24, 2.45) is 0 Å². The summed E-state index contributed by atoms with van der Waals surface area (Å²) >= 11 is 1.30. The van der Waals surface area contributed by atoms with E-state index in [9.17, 15) is 9.90 Å². The molecule has 1 aliphatic rings. The highest BCUT2D eigenvalue weighted by atomic mass is 32.1. The van der Waals surface area contributed by atoms with E-state index in [1.807, 2.05) is 6.92 Å². The molecule has 1 fully saturated rings. The zero-order valence-corrected chi connectivity index (χ0v) is 10.7. The van der Waals surface area contributed by atoms with Gasteiger partial charge in [-0.2, -0.15) is 0 Å². The average Bonchev–Trinajstić information content (AvgIpc) is 2.84. The van der Waals surface area contributed by atoms with E-state index in [0.29, 0.717) is 17.9 Å². The minimum atomic E-state index is -0.950. The minimum Gasteiger partial charge on any atom is -0.385 e. The summed E-state index contributed by atoms with van der Waals surface area (Å²) in [5.74, 6) is -0.183. The molecule has 0 aliphatic carbocycles. The van der Waals surface area contributed by atoms with E-state index in [-0.39, 0.29) is 18.6 Å². The normalized spacial score (nSPS) is 28.3. The largest absolute Gasteiger partial charge is 0.385 e. The number of aryl methyl sites for hydroxylation is 1. The number of rotatable bonds is 3. The van der Waals surface area contributed by atoms with Gasteiger partial charge in [0.1, 0.15) is 10.5 Å². The lowest BCUT2D eigenvalue weighted by Gasteiger charge is -2.25. The molecule has 1 amide bonds. The molecule has 2 heterocycles. The summed E-state index contributed by atoms with van der Waals surface area (Å²) in [7, 11) is 0. The Hall–Kier alpha value is -0.980. The van der Waals surface area contributed by atoms with Crippen molar-refractivity contribution in [3.05, 3.63) is 16.1 Å². The Morgan fingerprint density at radius 1 is 1.82 bits per heavy atom. The predicted octanol–water partition coefficient (Wildman–Crippen LogP) is 0.721. The number of nitrogens with one attached hydrogen (secondary N) is 1. The van der Waals surface area contributed by atoms with E-state index in [0.717, 1.165) is 5.69 Å².